The van der Waals surface area contributed by atoms with E-state index in [0.717, 1.165) is 18.6 Å². The van der Waals surface area contributed by atoms with Gasteiger partial charge < -0.3 is 14.2 Å². The fourth-order valence-corrected chi connectivity index (χ4v) is 3.60. The van der Waals surface area contributed by atoms with Crippen LogP contribution in [0.4, 0.5) is 0 Å². The molecular formula is C23H26N4O3. The summed E-state index contributed by atoms with van der Waals surface area (Å²) in [5.41, 5.74) is 1.82. The number of pyridine rings is 1. The Balaban J connectivity index is 1.34. The van der Waals surface area contributed by atoms with Crippen LogP contribution in [0.5, 0.6) is 11.6 Å². The highest BCUT2D eigenvalue weighted by Crippen LogP contribution is 2.28. The van der Waals surface area contributed by atoms with Gasteiger partial charge >= 0.3 is 0 Å². The van der Waals surface area contributed by atoms with Crippen LogP contribution in [0.3, 0.4) is 0 Å². The third kappa shape index (κ3) is 4.50. The number of carbonyl (C=O) groups is 1. The first kappa shape index (κ1) is 20.1. The molecule has 0 radical (unpaired) electrons. The molecule has 156 valence electrons. The Hall–Kier alpha value is -3.22. The van der Waals surface area contributed by atoms with E-state index in [1.807, 2.05) is 24.0 Å². The number of likely N-dealkylation sites (tertiary alicyclic amines) is 1. The molecule has 1 fully saturated rings. The van der Waals surface area contributed by atoms with Gasteiger partial charge in [-0.25, -0.2) is 4.98 Å². The summed E-state index contributed by atoms with van der Waals surface area (Å²) in [6, 6.07) is 11.5. The second-order valence-corrected chi connectivity index (χ2v) is 7.96. The van der Waals surface area contributed by atoms with Gasteiger partial charge in [0.2, 0.25) is 11.8 Å². The topological polar surface area (TPSA) is 81.4 Å². The minimum Gasteiger partial charge on any atom is -0.439 e. The maximum atomic E-state index is 12.8. The van der Waals surface area contributed by atoms with E-state index in [-0.39, 0.29) is 11.8 Å². The minimum atomic E-state index is -0.0181. The molecule has 1 aromatic carbocycles. The smallest absolute Gasteiger partial charge is 0.255 e. The van der Waals surface area contributed by atoms with Crippen LogP contribution in [0.2, 0.25) is 0 Å². The molecule has 4 rings (SSSR count). The first-order valence-electron chi connectivity index (χ1n) is 10.3. The number of aromatic nitrogens is 3. The fourth-order valence-electron chi connectivity index (χ4n) is 3.60. The number of aryl methyl sites for hydroxylation is 1. The molecule has 0 bridgehead atoms. The van der Waals surface area contributed by atoms with Crippen molar-refractivity contribution >= 4 is 5.91 Å². The minimum absolute atomic E-state index is 0.0181. The first-order valence-corrected chi connectivity index (χ1v) is 10.3. The zero-order chi connectivity index (χ0) is 21.1. The van der Waals surface area contributed by atoms with E-state index in [2.05, 4.69) is 41.1 Å². The van der Waals surface area contributed by atoms with Crippen molar-refractivity contribution in [1.82, 2.24) is 20.0 Å². The van der Waals surface area contributed by atoms with Gasteiger partial charge in [0.15, 0.2) is 5.82 Å². The highest BCUT2D eigenvalue weighted by atomic mass is 16.5. The predicted octanol–water partition coefficient (Wildman–Crippen LogP) is 4.71. The quantitative estimate of drug-likeness (QED) is 0.610. The summed E-state index contributed by atoms with van der Waals surface area (Å²) in [6.07, 6.45) is 3.20. The predicted molar refractivity (Wildman–Crippen MR) is 112 cm³/mol. The lowest BCUT2D eigenvalue weighted by Gasteiger charge is -2.30. The van der Waals surface area contributed by atoms with Crippen molar-refractivity contribution in [2.45, 2.75) is 45.4 Å². The molecule has 7 nitrogen and oxygen atoms in total. The van der Waals surface area contributed by atoms with Crippen LogP contribution in [0.25, 0.3) is 0 Å². The SMILES string of the molecule is Cc1noc(C2CCN(C(=O)c3ccc(Oc4ccc(C(C)C)cc4)nc3)CC2)n1. The van der Waals surface area contributed by atoms with Crippen molar-refractivity contribution in [2.24, 2.45) is 0 Å². The molecule has 30 heavy (non-hydrogen) atoms. The lowest BCUT2D eigenvalue weighted by atomic mass is 9.96. The average Bonchev–Trinajstić information content (AvgIpc) is 3.20. The number of rotatable bonds is 5. The number of ether oxygens (including phenoxy) is 1. The van der Waals surface area contributed by atoms with Crippen molar-refractivity contribution in [3.05, 3.63) is 65.4 Å². The van der Waals surface area contributed by atoms with Gasteiger partial charge in [0.1, 0.15) is 5.75 Å². The standard InChI is InChI=1S/C23H26N4O3/c1-15(2)17-4-7-20(8-5-17)29-21-9-6-19(14-24-21)23(28)27-12-10-18(11-13-27)22-25-16(3)26-30-22/h4-9,14-15,18H,10-13H2,1-3H3. The molecule has 0 unspecified atom stereocenters. The summed E-state index contributed by atoms with van der Waals surface area (Å²) in [5, 5.41) is 3.86. The highest BCUT2D eigenvalue weighted by molar-refractivity contribution is 5.94. The van der Waals surface area contributed by atoms with Crippen LogP contribution in [0.1, 0.15) is 66.2 Å². The second-order valence-electron chi connectivity index (χ2n) is 7.96. The molecule has 7 heteroatoms. The molecule has 3 aromatic rings. The van der Waals surface area contributed by atoms with E-state index in [1.165, 1.54) is 5.56 Å². The van der Waals surface area contributed by atoms with Gasteiger partial charge in [0.25, 0.3) is 5.91 Å². The Bertz CT molecular complexity index is 988. The molecule has 0 saturated carbocycles. The van der Waals surface area contributed by atoms with Gasteiger partial charge in [-0.2, -0.15) is 4.98 Å². The monoisotopic (exact) mass is 406 g/mol. The first-order chi connectivity index (χ1) is 14.5. The average molecular weight is 406 g/mol. The van der Waals surface area contributed by atoms with Gasteiger partial charge in [-0.1, -0.05) is 31.1 Å². The fraction of sp³-hybridized carbons (Fsp3) is 0.391. The number of piperidine rings is 1. The number of hydrogen-bond acceptors (Lipinski definition) is 6. The van der Waals surface area contributed by atoms with Crippen LogP contribution in [0.15, 0.2) is 47.1 Å². The van der Waals surface area contributed by atoms with Gasteiger partial charge in [-0.05, 0) is 49.4 Å². The van der Waals surface area contributed by atoms with Crippen LogP contribution < -0.4 is 4.74 Å². The Kier molecular flexibility index (Phi) is 5.79. The summed E-state index contributed by atoms with van der Waals surface area (Å²) in [5.74, 6) is 3.18. The van der Waals surface area contributed by atoms with E-state index < -0.39 is 0 Å². The second kappa shape index (κ2) is 8.65. The van der Waals surface area contributed by atoms with Crippen molar-refractivity contribution in [3.8, 4) is 11.6 Å². The summed E-state index contributed by atoms with van der Waals surface area (Å²) in [7, 11) is 0. The van der Waals surface area contributed by atoms with Gasteiger partial charge in [-0.3, -0.25) is 4.79 Å². The molecule has 1 saturated heterocycles. The molecular weight excluding hydrogens is 380 g/mol. The van der Waals surface area contributed by atoms with E-state index >= 15 is 0 Å². The number of amides is 1. The summed E-state index contributed by atoms with van der Waals surface area (Å²) >= 11 is 0. The Morgan fingerprint density at radius 2 is 1.87 bits per heavy atom. The molecule has 0 aliphatic carbocycles. The van der Waals surface area contributed by atoms with Crippen LogP contribution >= 0.6 is 0 Å². The Morgan fingerprint density at radius 1 is 1.13 bits per heavy atom. The van der Waals surface area contributed by atoms with Crippen molar-refractivity contribution < 1.29 is 14.1 Å². The van der Waals surface area contributed by atoms with E-state index in [0.29, 0.717) is 42.2 Å². The molecule has 1 aliphatic heterocycles. The Labute approximate surface area is 176 Å². The molecule has 1 aliphatic rings. The van der Waals surface area contributed by atoms with E-state index in [1.54, 1.807) is 18.3 Å². The maximum absolute atomic E-state index is 12.8. The number of benzene rings is 1. The van der Waals surface area contributed by atoms with E-state index in [4.69, 9.17) is 9.26 Å². The van der Waals surface area contributed by atoms with Gasteiger partial charge in [0.05, 0.1) is 5.56 Å². The molecule has 2 aromatic heterocycles. The van der Waals surface area contributed by atoms with Crippen molar-refractivity contribution in [1.29, 1.82) is 0 Å². The molecule has 0 spiro atoms. The summed E-state index contributed by atoms with van der Waals surface area (Å²) in [6.45, 7) is 7.44. The van der Waals surface area contributed by atoms with Crippen LogP contribution in [-0.4, -0.2) is 39.0 Å². The lowest BCUT2D eigenvalue weighted by molar-refractivity contribution is 0.0704. The summed E-state index contributed by atoms with van der Waals surface area (Å²) in [4.78, 5) is 23.3. The van der Waals surface area contributed by atoms with Crippen molar-refractivity contribution in [3.63, 3.8) is 0 Å². The van der Waals surface area contributed by atoms with E-state index in [9.17, 15) is 4.79 Å². The lowest BCUT2D eigenvalue weighted by Crippen LogP contribution is -2.38. The van der Waals surface area contributed by atoms with Crippen LogP contribution in [-0.2, 0) is 0 Å². The van der Waals surface area contributed by atoms with Gasteiger partial charge in [-0.15, -0.1) is 0 Å². The summed E-state index contributed by atoms with van der Waals surface area (Å²) < 4.78 is 11.1. The zero-order valence-electron chi connectivity index (χ0n) is 17.5. The van der Waals surface area contributed by atoms with Crippen LogP contribution in [0, 0.1) is 6.92 Å². The third-order valence-corrected chi connectivity index (χ3v) is 5.43. The number of hydrogen-bond donors (Lipinski definition) is 0. The normalized spacial score (nSPS) is 14.9. The Morgan fingerprint density at radius 3 is 2.43 bits per heavy atom. The molecule has 1 amide bonds. The number of nitrogens with zero attached hydrogens (tertiary/aromatic N) is 4. The largest absolute Gasteiger partial charge is 0.439 e. The number of carbonyl (C=O) groups excluding carboxylic acids is 1. The zero-order valence-corrected chi connectivity index (χ0v) is 17.5. The molecule has 0 N–H and O–H groups in total. The highest BCUT2D eigenvalue weighted by Gasteiger charge is 2.27. The maximum Gasteiger partial charge on any atom is 0.255 e. The van der Waals surface area contributed by atoms with Gasteiger partial charge in [0, 0.05) is 31.3 Å². The van der Waals surface area contributed by atoms with Crippen molar-refractivity contribution in [2.75, 3.05) is 13.1 Å². The molecule has 0 atom stereocenters. The molecule has 3 heterocycles. The third-order valence-electron chi connectivity index (χ3n) is 5.43.